The second-order valence-electron chi connectivity index (χ2n) is 5.37. The van der Waals surface area contributed by atoms with Crippen LogP contribution in [0.5, 0.6) is 0 Å². The molecule has 2 aliphatic heterocycles. The quantitative estimate of drug-likeness (QED) is 0.841. The van der Waals surface area contributed by atoms with Crippen molar-refractivity contribution in [2.45, 2.75) is 25.4 Å². The highest BCUT2D eigenvalue weighted by molar-refractivity contribution is 5.64. The Morgan fingerprint density at radius 1 is 1.05 bits per heavy atom. The zero-order chi connectivity index (χ0) is 15.0. The Labute approximate surface area is 120 Å². The van der Waals surface area contributed by atoms with E-state index in [1.807, 2.05) is 4.90 Å². The number of rotatable bonds is 2. The smallest absolute Gasteiger partial charge is 0.357 e. The molecule has 3 heterocycles. The van der Waals surface area contributed by atoms with Gasteiger partial charge in [0, 0.05) is 26.2 Å². The van der Waals surface area contributed by atoms with Crippen LogP contribution < -0.4 is 9.80 Å². The molecule has 7 heteroatoms. The summed E-state index contributed by atoms with van der Waals surface area (Å²) in [6.07, 6.45) is -1.70. The fraction of sp³-hybridized carbons (Fsp3) is 0.571. The SMILES string of the molecule is N#Cc1c(C(F)(F)F)cc(N2CCCC2)nc1N1CCC1. The van der Waals surface area contributed by atoms with Gasteiger partial charge in [0.05, 0.1) is 5.56 Å². The maximum Gasteiger partial charge on any atom is 0.417 e. The van der Waals surface area contributed by atoms with Crippen LogP contribution in [-0.2, 0) is 6.18 Å². The largest absolute Gasteiger partial charge is 0.417 e. The lowest BCUT2D eigenvalue weighted by Crippen LogP contribution is -2.39. The number of nitriles is 1. The summed E-state index contributed by atoms with van der Waals surface area (Å²) >= 11 is 0. The van der Waals surface area contributed by atoms with Crippen LogP contribution in [0.25, 0.3) is 0 Å². The van der Waals surface area contributed by atoms with E-state index in [-0.39, 0.29) is 11.4 Å². The molecule has 1 aromatic rings. The third-order valence-electron chi connectivity index (χ3n) is 3.99. The topological polar surface area (TPSA) is 43.2 Å². The average Bonchev–Trinajstić information content (AvgIpc) is 2.88. The second-order valence-corrected chi connectivity index (χ2v) is 5.37. The highest BCUT2D eigenvalue weighted by atomic mass is 19.4. The Balaban J connectivity index is 2.12. The van der Waals surface area contributed by atoms with Crippen LogP contribution in [-0.4, -0.2) is 31.2 Å². The van der Waals surface area contributed by atoms with Gasteiger partial charge in [-0.3, -0.25) is 0 Å². The Hall–Kier alpha value is -1.97. The number of anilines is 2. The fourth-order valence-corrected chi connectivity index (χ4v) is 2.72. The summed E-state index contributed by atoms with van der Waals surface area (Å²) in [7, 11) is 0. The van der Waals surface area contributed by atoms with Crippen molar-refractivity contribution in [3.8, 4) is 6.07 Å². The highest BCUT2D eigenvalue weighted by Gasteiger charge is 2.38. The van der Waals surface area contributed by atoms with Crippen LogP contribution in [0, 0.1) is 11.3 Å². The van der Waals surface area contributed by atoms with E-state index in [1.54, 1.807) is 11.0 Å². The number of alkyl halides is 3. The molecule has 2 saturated heterocycles. The Morgan fingerprint density at radius 3 is 2.14 bits per heavy atom. The first-order valence-electron chi connectivity index (χ1n) is 7.03. The van der Waals surface area contributed by atoms with Crippen LogP contribution in [0.15, 0.2) is 6.07 Å². The van der Waals surface area contributed by atoms with Gasteiger partial charge in [0.1, 0.15) is 23.3 Å². The molecular formula is C14H15F3N4. The van der Waals surface area contributed by atoms with Crippen molar-refractivity contribution in [3.63, 3.8) is 0 Å². The van der Waals surface area contributed by atoms with E-state index >= 15 is 0 Å². The third-order valence-corrected chi connectivity index (χ3v) is 3.99. The molecule has 3 rings (SSSR count). The summed E-state index contributed by atoms with van der Waals surface area (Å²) in [6, 6.07) is 2.72. The van der Waals surface area contributed by atoms with E-state index in [9.17, 15) is 13.2 Å². The van der Waals surface area contributed by atoms with Gasteiger partial charge in [-0.05, 0) is 25.3 Å². The van der Waals surface area contributed by atoms with E-state index < -0.39 is 11.7 Å². The molecule has 2 fully saturated rings. The minimum atomic E-state index is -4.54. The molecule has 0 N–H and O–H groups in total. The molecule has 0 amide bonds. The molecule has 112 valence electrons. The Morgan fingerprint density at radius 2 is 1.67 bits per heavy atom. The van der Waals surface area contributed by atoms with Crippen LogP contribution in [0.1, 0.15) is 30.4 Å². The maximum absolute atomic E-state index is 13.3. The molecule has 0 bridgehead atoms. The van der Waals surface area contributed by atoms with E-state index in [0.29, 0.717) is 18.9 Å². The third kappa shape index (κ3) is 2.50. The van der Waals surface area contributed by atoms with Crippen molar-refractivity contribution in [1.82, 2.24) is 4.98 Å². The van der Waals surface area contributed by atoms with Gasteiger partial charge in [-0.2, -0.15) is 18.4 Å². The molecule has 0 unspecified atom stereocenters. The normalized spacial score (nSPS) is 18.6. The van der Waals surface area contributed by atoms with Gasteiger partial charge in [0.15, 0.2) is 0 Å². The fourth-order valence-electron chi connectivity index (χ4n) is 2.72. The lowest BCUT2D eigenvalue weighted by Gasteiger charge is -2.34. The van der Waals surface area contributed by atoms with E-state index in [2.05, 4.69) is 4.98 Å². The molecular weight excluding hydrogens is 281 g/mol. The molecule has 0 radical (unpaired) electrons. The maximum atomic E-state index is 13.3. The number of pyridine rings is 1. The first-order chi connectivity index (χ1) is 10.0. The van der Waals surface area contributed by atoms with Crippen molar-refractivity contribution in [2.24, 2.45) is 0 Å². The first-order valence-corrected chi connectivity index (χ1v) is 7.03. The lowest BCUT2D eigenvalue weighted by molar-refractivity contribution is -0.137. The molecule has 0 saturated carbocycles. The number of halogens is 3. The van der Waals surface area contributed by atoms with Crippen LogP contribution in [0.4, 0.5) is 24.8 Å². The number of hydrogen-bond donors (Lipinski definition) is 0. The number of aromatic nitrogens is 1. The predicted molar refractivity (Wildman–Crippen MR) is 72.2 cm³/mol. The zero-order valence-corrected chi connectivity index (χ0v) is 11.4. The van der Waals surface area contributed by atoms with Gasteiger partial charge in [-0.1, -0.05) is 0 Å². The molecule has 21 heavy (non-hydrogen) atoms. The second kappa shape index (κ2) is 5.10. The highest BCUT2D eigenvalue weighted by Crippen LogP contribution is 2.38. The van der Waals surface area contributed by atoms with Crippen LogP contribution >= 0.6 is 0 Å². The summed E-state index contributed by atoms with van der Waals surface area (Å²) in [5.74, 6) is 0.515. The van der Waals surface area contributed by atoms with Gasteiger partial charge in [-0.25, -0.2) is 4.98 Å². The monoisotopic (exact) mass is 296 g/mol. The van der Waals surface area contributed by atoms with Crippen molar-refractivity contribution in [2.75, 3.05) is 36.0 Å². The molecule has 1 aromatic heterocycles. The summed E-state index contributed by atoms with van der Waals surface area (Å²) in [5.41, 5.74) is -1.23. The van der Waals surface area contributed by atoms with Gasteiger partial charge in [-0.15, -0.1) is 0 Å². The molecule has 2 aliphatic rings. The minimum Gasteiger partial charge on any atom is -0.357 e. The first kappa shape index (κ1) is 14.0. The molecule has 0 spiro atoms. The lowest BCUT2D eigenvalue weighted by atomic mass is 10.1. The standard InChI is InChI=1S/C14H15F3N4/c15-14(16,17)11-8-12(20-4-1-2-5-20)19-13(10(11)9-18)21-6-3-7-21/h8H,1-7H2. The zero-order valence-electron chi connectivity index (χ0n) is 11.4. The molecule has 4 nitrogen and oxygen atoms in total. The van der Waals surface area contributed by atoms with Gasteiger partial charge >= 0.3 is 6.18 Å². The Kier molecular flexibility index (Phi) is 3.40. The van der Waals surface area contributed by atoms with E-state index in [0.717, 1.165) is 38.4 Å². The summed E-state index contributed by atoms with van der Waals surface area (Å²) in [4.78, 5) is 7.96. The Bertz CT molecular complexity index is 581. The molecule has 0 aromatic carbocycles. The van der Waals surface area contributed by atoms with Crippen molar-refractivity contribution in [3.05, 3.63) is 17.2 Å². The van der Waals surface area contributed by atoms with Gasteiger partial charge in [0.25, 0.3) is 0 Å². The predicted octanol–water partition coefficient (Wildman–Crippen LogP) is 2.78. The summed E-state index contributed by atoms with van der Waals surface area (Å²) in [6.45, 7) is 2.75. The van der Waals surface area contributed by atoms with Crippen molar-refractivity contribution < 1.29 is 13.2 Å². The van der Waals surface area contributed by atoms with Crippen LogP contribution in [0.2, 0.25) is 0 Å². The van der Waals surface area contributed by atoms with Crippen molar-refractivity contribution in [1.29, 1.82) is 5.26 Å². The van der Waals surface area contributed by atoms with Gasteiger partial charge in [0.2, 0.25) is 0 Å². The van der Waals surface area contributed by atoms with Crippen molar-refractivity contribution >= 4 is 11.6 Å². The molecule has 0 aliphatic carbocycles. The number of hydrogen-bond acceptors (Lipinski definition) is 4. The van der Waals surface area contributed by atoms with Crippen LogP contribution in [0.3, 0.4) is 0 Å². The minimum absolute atomic E-state index is 0.181. The van der Waals surface area contributed by atoms with E-state index in [1.165, 1.54) is 0 Å². The number of nitrogens with zero attached hydrogens (tertiary/aromatic N) is 4. The van der Waals surface area contributed by atoms with E-state index in [4.69, 9.17) is 5.26 Å². The molecule has 0 atom stereocenters. The summed E-state index contributed by atoms with van der Waals surface area (Å²) < 4.78 is 39.8. The average molecular weight is 296 g/mol. The summed E-state index contributed by atoms with van der Waals surface area (Å²) in [5, 5.41) is 9.16. The van der Waals surface area contributed by atoms with Gasteiger partial charge < -0.3 is 9.80 Å².